The summed E-state index contributed by atoms with van der Waals surface area (Å²) < 4.78 is 42.2. The topological polar surface area (TPSA) is 81.1 Å². The van der Waals surface area contributed by atoms with Gasteiger partial charge in [0.25, 0.3) is 15.6 Å². The lowest BCUT2D eigenvalue weighted by atomic mass is 10.2. The van der Waals surface area contributed by atoms with E-state index in [2.05, 4.69) is 9.82 Å². The van der Waals surface area contributed by atoms with E-state index in [1.165, 1.54) is 42.1 Å². The highest BCUT2D eigenvalue weighted by Gasteiger charge is 2.19. The average molecular weight is 379 g/mol. The van der Waals surface area contributed by atoms with Gasteiger partial charge in [-0.25, -0.2) is 17.5 Å². The third-order valence-electron chi connectivity index (χ3n) is 3.47. The number of benzene rings is 1. The summed E-state index contributed by atoms with van der Waals surface area (Å²) in [5.41, 5.74) is 1.36. The quantitative estimate of drug-likeness (QED) is 0.756. The second kappa shape index (κ2) is 6.41. The third kappa shape index (κ3) is 3.62. The van der Waals surface area contributed by atoms with E-state index in [9.17, 15) is 17.6 Å². The van der Waals surface area contributed by atoms with Gasteiger partial charge in [0.1, 0.15) is 10.0 Å². The van der Waals surface area contributed by atoms with E-state index in [4.69, 9.17) is 0 Å². The molecule has 2 heterocycles. The molecule has 0 bridgehead atoms. The van der Waals surface area contributed by atoms with Crippen molar-refractivity contribution < 1.29 is 12.8 Å². The number of halogens is 1. The molecule has 0 aliphatic carbocycles. The minimum absolute atomic E-state index is 0.0260. The van der Waals surface area contributed by atoms with Crippen LogP contribution in [0.3, 0.4) is 0 Å². The summed E-state index contributed by atoms with van der Waals surface area (Å²) >= 11 is 0.989. The summed E-state index contributed by atoms with van der Waals surface area (Å²) in [6, 6.07) is 8.57. The minimum atomic E-state index is -3.92. The van der Waals surface area contributed by atoms with Gasteiger partial charge >= 0.3 is 0 Å². The Morgan fingerprint density at radius 3 is 2.64 bits per heavy atom. The maximum atomic E-state index is 13.9. The number of anilines is 1. The van der Waals surface area contributed by atoms with E-state index in [0.717, 1.165) is 11.3 Å². The number of rotatable bonds is 4. The highest BCUT2D eigenvalue weighted by molar-refractivity contribution is 7.94. The molecule has 0 amide bonds. The van der Waals surface area contributed by atoms with Crippen molar-refractivity contribution in [2.45, 2.75) is 11.1 Å². The largest absolute Gasteiger partial charge is 0.276 e. The molecule has 130 valence electrons. The first-order chi connectivity index (χ1) is 11.8. The Kier molecular flexibility index (Phi) is 4.44. The van der Waals surface area contributed by atoms with Crippen molar-refractivity contribution in [2.24, 2.45) is 7.05 Å². The van der Waals surface area contributed by atoms with Gasteiger partial charge in [-0.2, -0.15) is 5.10 Å². The van der Waals surface area contributed by atoms with E-state index in [1.54, 1.807) is 18.4 Å². The van der Waals surface area contributed by atoms with Gasteiger partial charge in [-0.1, -0.05) is 6.07 Å². The van der Waals surface area contributed by atoms with Crippen molar-refractivity contribution in [2.75, 3.05) is 4.72 Å². The monoisotopic (exact) mass is 379 g/mol. The molecule has 1 aromatic carbocycles. The van der Waals surface area contributed by atoms with Gasteiger partial charge in [0, 0.05) is 24.1 Å². The van der Waals surface area contributed by atoms with E-state index >= 15 is 0 Å². The average Bonchev–Trinajstić information content (AvgIpc) is 3.04. The lowest BCUT2D eigenvalue weighted by Gasteiger charge is -2.07. The molecule has 3 aromatic rings. The molecule has 0 fully saturated rings. The zero-order chi connectivity index (χ0) is 18.2. The molecule has 0 saturated carbocycles. The first-order valence-electron chi connectivity index (χ1n) is 7.18. The van der Waals surface area contributed by atoms with Gasteiger partial charge in [-0.05, 0) is 36.8 Å². The van der Waals surface area contributed by atoms with Crippen LogP contribution in [-0.2, 0) is 17.1 Å². The van der Waals surface area contributed by atoms with Crippen LogP contribution in [0, 0.1) is 12.7 Å². The van der Waals surface area contributed by atoms with Crippen LogP contribution < -0.4 is 10.3 Å². The predicted octanol–water partition coefficient (Wildman–Crippen LogP) is 2.76. The fraction of sp³-hybridized carbons (Fsp3) is 0.125. The van der Waals surface area contributed by atoms with Crippen LogP contribution in [0.2, 0.25) is 0 Å². The summed E-state index contributed by atoms with van der Waals surface area (Å²) in [5, 5.41) is 5.70. The molecule has 0 saturated heterocycles. The van der Waals surface area contributed by atoms with Gasteiger partial charge in [0.2, 0.25) is 0 Å². The summed E-state index contributed by atoms with van der Waals surface area (Å²) in [6.45, 7) is 1.72. The molecule has 0 aliphatic heterocycles. The zero-order valence-electron chi connectivity index (χ0n) is 13.4. The molecule has 2 aromatic heterocycles. The Balaban J connectivity index is 1.92. The van der Waals surface area contributed by atoms with Crippen molar-refractivity contribution in [1.29, 1.82) is 0 Å². The van der Waals surface area contributed by atoms with Crippen molar-refractivity contribution in [1.82, 2.24) is 9.78 Å². The maximum Gasteiger partial charge on any atom is 0.271 e. The summed E-state index contributed by atoms with van der Waals surface area (Å²) in [6.07, 6.45) is 0. The number of nitrogens with one attached hydrogen (secondary N) is 1. The number of aryl methyl sites for hydroxylation is 2. The van der Waals surface area contributed by atoms with Gasteiger partial charge in [-0.3, -0.25) is 9.52 Å². The third-order valence-corrected chi connectivity index (χ3v) is 6.27. The smallest absolute Gasteiger partial charge is 0.271 e. The fourth-order valence-corrected chi connectivity index (χ4v) is 4.39. The number of hydrogen-bond acceptors (Lipinski definition) is 5. The second-order valence-electron chi connectivity index (χ2n) is 5.42. The SMILES string of the molecule is Cc1ccc(NS(=O)(=O)c2cc(-c3ccc(=O)n(C)n3)cs2)c(F)c1. The summed E-state index contributed by atoms with van der Waals surface area (Å²) in [5.74, 6) is -0.639. The van der Waals surface area contributed by atoms with Crippen molar-refractivity contribution in [3.63, 3.8) is 0 Å². The predicted molar refractivity (Wildman–Crippen MR) is 94.7 cm³/mol. The highest BCUT2D eigenvalue weighted by Crippen LogP contribution is 2.29. The van der Waals surface area contributed by atoms with Crippen LogP contribution >= 0.6 is 11.3 Å². The van der Waals surface area contributed by atoms with Gasteiger partial charge < -0.3 is 0 Å². The van der Waals surface area contributed by atoms with Crippen LogP contribution in [-0.4, -0.2) is 18.2 Å². The molecular weight excluding hydrogens is 365 g/mol. The molecular formula is C16H14FN3O3S2. The maximum absolute atomic E-state index is 13.9. The second-order valence-corrected chi connectivity index (χ2v) is 8.24. The van der Waals surface area contributed by atoms with Crippen molar-refractivity contribution in [3.8, 4) is 11.3 Å². The Morgan fingerprint density at radius 1 is 1.20 bits per heavy atom. The zero-order valence-corrected chi connectivity index (χ0v) is 15.0. The van der Waals surface area contributed by atoms with Crippen molar-refractivity contribution in [3.05, 3.63) is 63.5 Å². The van der Waals surface area contributed by atoms with E-state index in [-0.39, 0.29) is 15.5 Å². The molecule has 0 unspecified atom stereocenters. The van der Waals surface area contributed by atoms with Crippen molar-refractivity contribution >= 4 is 27.0 Å². The fourth-order valence-electron chi connectivity index (χ4n) is 2.15. The molecule has 0 atom stereocenters. The number of sulfonamides is 1. The van der Waals surface area contributed by atoms with E-state index in [1.807, 2.05) is 0 Å². The minimum Gasteiger partial charge on any atom is -0.276 e. The molecule has 25 heavy (non-hydrogen) atoms. The summed E-state index contributed by atoms with van der Waals surface area (Å²) in [4.78, 5) is 11.4. The van der Waals surface area contributed by atoms with Crippen LogP contribution in [0.4, 0.5) is 10.1 Å². The molecule has 3 rings (SSSR count). The first-order valence-corrected chi connectivity index (χ1v) is 9.55. The molecule has 0 spiro atoms. The van der Waals surface area contributed by atoms with Crippen LogP contribution in [0.25, 0.3) is 11.3 Å². The van der Waals surface area contributed by atoms with E-state index < -0.39 is 15.8 Å². The molecule has 6 nitrogen and oxygen atoms in total. The number of thiophene rings is 1. The normalized spacial score (nSPS) is 11.5. The Morgan fingerprint density at radius 2 is 1.96 bits per heavy atom. The number of hydrogen-bond donors (Lipinski definition) is 1. The highest BCUT2D eigenvalue weighted by atomic mass is 32.2. The van der Waals surface area contributed by atoms with Crippen LogP contribution in [0.5, 0.6) is 0 Å². The standard InChI is InChI=1S/C16H14FN3O3S2/c1-10-3-4-14(12(17)7-10)19-25(22,23)16-8-11(9-24-16)13-5-6-15(21)20(2)18-13/h3-9,19H,1-2H3. The van der Waals surface area contributed by atoms with Gasteiger partial charge in [0.05, 0.1) is 11.4 Å². The van der Waals surface area contributed by atoms with Crippen LogP contribution in [0.15, 0.2) is 50.8 Å². The molecule has 0 radical (unpaired) electrons. The summed E-state index contributed by atoms with van der Waals surface area (Å²) in [7, 11) is -2.41. The Hall–Kier alpha value is -2.52. The lowest BCUT2D eigenvalue weighted by Crippen LogP contribution is -2.18. The van der Waals surface area contributed by atoms with E-state index in [0.29, 0.717) is 16.8 Å². The number of nitrogens with zero attached hydrogens (tertiary/aromatic N) is 2. The molecule has 0 aliphatic rings. The number of aromatic nitrogens is 2. The van der Waals surface area contributed by atoms with Gasteiger partial charge in [-0.15, -0.1) is 11.3 Å². The Bertz CT molecular complexity index is 1100. The van der Waals surface area contributed by atoms with Gasteiger partial charge in [0.15, 0.2) is 0 Å². The lowest BCUT2D eigenvalue weighted by molar-refractivity contribution is 0.600. The Labute approximate surface area is 147 Å². The molecule has 9 heteroatoms. The molecule has 1 N–H and O–H groups in total. The van der Waals surface area contributed by atoms with Crippen LogP contribution in [0.1, 0.15) is 5.56 Å². The first kappa shape index (κ1) is 17.3.